The molecule has 1 heterocycles. The van der Waals surface area contributed by atoms with Crippen LogP contribution in [0.4, 0.5) is 4.39 Å². The zero-order chi connectivity index (χ0) is 9.42. The third kappa shape index (κ3) is 1.33. The van der Waals surface area contributed by atoms with E-state index in [4.69, 9.17) is 0 Å². The average Bonchev–Trinajstić information content (AvgIpc) is 2.06. The van der Waals surface area contributed by atoms with Gasteiger partial charge >= 0.3 is 0 Å². The van der Waals surface area contributed by atoms with E-state index < -0.39 is 0 Å². The van der Waals surface area contributed by atoms with Crippen LogP contribution in [0.15, 0.2) is 24.3 Å². The van der Waals surface area contributed by atoms with Gasteiger partial charge < -0.3 is 5.11 Å². The fraction of sp³-hybridized carbons (Fsp3) is 0.100. The first-order valence-corrected chi connectivity index (χ1v) is 3.93. The van der Waals surface area contributed by atoms with Crippen molar-refractivity contribution in [3.8, 4) is 5.88 Å². The maximum Gasteiger partial charge on any atom is 0.219 e. The van der Waals surface area contributed by atoms with Gasteiger partial charge in [-0.1, -0.05) is 6.07 Å². The predicted molar refractivity (Wildman–Crippen MR) is 48.1 cm³/mol. The van der Waals surface area contributed by atoms with E-state index in [-0.39, 0.29) is 11.7 Å². The van der Waals surface area contributed by atoms with E-state index in [9.17, 15) is 9.50 Å². The van der Waals surface area contributed by atoms with Crippen LogP contribution in [0.3, 0.4) is 0 Å². The lowest BCUT2D eigenvalue weighted by Gasteiger charge is -2.01. The molecule has 13 heavy (non-hydrogen) atoms. The molecule has 0 bridgehead atoms. The summed E-state index contributed by atoms with van der Waals surface area (Å²) in [6.07, 6.45) is 0. The molecule has 1 aromatic heterocycles. The van der Waals surface area contributed by atoms with Crippen molar-refractivity contribution in [1.29, 1.82) is 0 Å². The summed E-state index contributed by atoms with van der Waals surface area (Å²) in [6.45, 7) is 1.78. The molecule has 0 aliphatic carbocycles. The molecule has 0 saturated carbocycles. The number of aryl methyl sites for hydroxylation is 1. The Labute approximate surface area is 74.7 Å². The second-order valence-corrected chi connectivity index (χ2v) is 2.95. The summed E-state index contributed by atoms with van der Waals surface area (Å²) in [5.41, 5.74) is 0.719. The Morgan fingerprint density at radius 1 is 1.31 bits per heavy atom. The standard InChI is InChI=1S/C10H8FNO/c1-6-4-7-2-3-8(11)5-9(7)10(13)12-6/h2-5H,1H3,(H,12,13). The van der Waals surface area contributed by atoms with Crippen LogP contribution in [-0.2, 0) is 0 Å². The van der Waals surface area contributed by atoms with Crippen molar-refractivity contribution in [2.75, 3.05) is 0 Å². The van der Waals surface area contributed by atoms with Crippen LogP contribution in [-0.4, -0.2) is 10.1 Å². The van der Waals surface area contributed by atoms with E-state index in [1.54, 1.807) is 19.1 Å². The minimum absolute atomic E-state index is 0.116. The van der Waals surface area contributed by atoms with Crippen molar-refractivity contribution >= 4 is 10.8 Å². The largest absolute Gasteiger partial charge is 0.493 e. The van der Waals surface area contributed by atoms with Crippen molar-refractivity contribution in [3.63, 3.8) is 0 Å². The van der Waals surface area contributed by atoms with Gasteiger partial charge in [0.1, 0.15) is 5.82 Å². The summed E-state index contributed by atoms with van der Waals surface area (Å²) in [4.78, 5) is 3.83. The highest BCUT2D eigenvalue weighted by molar-refractivity contribution is 5.86. The summed E-state index contributed by atoms with van der Waals surface area (Å²) < 4.78 is 12.8. The second-order valence-electron chi connectivity index (χ2n) is 2.95. The monoisotopic (exact) mass is 177 g/mol. The highest BCUT2D eigenvalue weighted by atomic mass is 19.1. The number of pyridine rings is 1. The van der Waals surface area contributed by atoms with Crippen LogP contribution in [0.25, 0.3) is 10.8 Å². The third-order valence-corrected chi connectivity index (χ3v) is 1.90. The molecule has 0 radical (unpaired) electrons. The number of hydrogen-bond acceptors (Lipinski definition) is 2. The SMILES string of the molecule is Cc1cc2ccc(F)cc2c(O)n1. The van der Waals surface area contributed by atoms with Gasteiger partial charge in [0.15, 0.2) is 0 Å². The number of halogens is 1. The molecule has 0 spiro atoms. The lowest BCUT2D eigenvalue weighted by Crippen LogP contribution is -1.84. The molecule has 2 rings (SSSR count). The van der Waals surface area contributed by atoms with Gasteiger partial charge in [-0.2, -0.15) is 0 Å². The molecule has 3 heteroatoms. The molecule has 0 unspecified atom stereocenters. The zero-order valence-electron chi connectivity index (χ0n) is 7.08. The lowest BCUT2D eigenvalue weighted by molar-refractivity contribution is 0.458. The number of benzene rings is 1. The first-order valence-electron chi connectivity index (χ1n) is 3.93. The Morgan fingerprint density at radius 3 is 2.85 bits per heavy atom. The van der Waals surface area contributed by atoms with E-state index in [1.807, 2.05) is 0 Å². The van der Waals surface area contributed by atoms with Crippen LogP contribution in [0, 0.1) is 12.7 Å². The summed E-state index contributed by atoms with van der Waals surface area (Å²) in [5, 5.41) is 10.6. The Kier molecular flexibility index (Phi) is 1.65. The Balaban J connectivity index is 2.87. The maximum atomic E-state index is 12.8. The van der Waals surface area contributed by atoms with Crippen LogP contribution >= 0.6 is 0 Å². The highest BCUT2D eigenvalue weighted by Crippen LogP contribution is 2.23. The fourth-order valence-corrected chi connectivity index (χ4v) is 1.33. The van der Waals surface area contributed by atoms with Crippen LogP contribution in [0.5, 0.6) is 5.88 Å². The van der Waals surface area contributed by atoms with Crippen molar-refractivity contribution in [2.45, 2.75) is 6.92 Å². The van der Waals surface area contributed by atoms with E-state index in [1.165, 1.54) is 12.1 Å². The molecule has 2 aromatic rings. The van der Waals surface area contributed by atoms with Gasteiger partial charge in [-0.05, 0) is 30.5 Å². The lowest BCUT2D eigenvalue weighted by atomic mass is 10.1. The molecule has 0 atom stereocenters. The van der Waals surface area contributed by atoms with Gasteiger partial charge in [0.2, 0.25) is 5.88 Å². The van der Waals surface area contributed by atoms with Crippen LogP contribution < -0.4 is 0 Å². The van der Waals surface area contributed by atoms with Gasteiger partial charge in [-0.3, -0.25) is 0 Å². The summed E-state index contributed by atoms with van der Waals surface area (Å²) in [7, 11) is 0. The molecule has 1 N–H and O–H groups in total. The quantitative estimate of drug-likeness (QED) is 0.670. The van der Waals surface area contributed by atoms with Crippen LogP contribution in [0.2, 0.25) is 0 Å². The first-order chi connectivity index (χ1) is 6.16. The van der Waals surface area contributed by atoms with E-state index in [2.05, 4.69) is 4.98 Å². The van der Waals surface area contributed by atoms with Gasteiger partial charge in [0.25, 0.3) is 0 Å². The van der Waals surface area contributed by atoms with E-state index >= 15 is 0 Å². The summed E-state index contributed by atoms with van der Waals surface area (Å²) >= 11 is 0. The molecule has 0 saturated heterocycles. The topological polar surface area (TPSA) is 33.1 Å². The van der Waals surface area contributed by atoms with E-state index in [0.717, 1.165) is 11.1 Å². The minimum Gasteiger partial charge on any atom is -0.493 e. The maximum absolute atomic E-state index is 12.8. The van der Waals surface area contributed by atoms with Crippen molar-refractivity contribution in [2.24, 2.45) is 0 Å². The smallest absolute Gasteiger partial charge is 0.219 e. The highest BCUT2D eigenvalue weighted by Gasteiger charge is 2.03. The molecule has 1 aromatic carbocycles. The zero-order valence-corrected chi connectivity index (χ0v) is 7.08. The van der Waals surface area contributed by atoms with Gasteiger partial charge in [-0.25, -0.2) is 9.37 Å². The second kappa shape index (κ2) is 2.69. The Hall–Kier alpha value is -1.64. The van der Waals surface area contributed by atoms with E-state index in [0.29, 0.717) is 5.39 Å². The molecule has 0 fully saturated rings. The fourth-order valence-electron chi connectivity index (χ4n) is 1.33. The normalized spacial score (nSPS) is 10.6. The Morgan fingerprint density at radius 2 is 2.08 bits per heavy atom. The molecular weight excluding hydrogens is 169 g/mol. The average molecular weight is 177 g/mol. The van der Waals surface area contributed by atoms with Crippen molar-refractivity contribution < 1.29 is 9.50 Å². The van der Waals surface area contributed by atoms with Gasteiger partial charge in [-0.15, -0.1) is 0 Å². The number of nitrogens with zero attached hydrogens (tertiary/aromatic N) is 1. The molecular formula is C10H8FNO. The molecule has 66 valence electrons. The number of aromatic hydroxyl groups is 1. The minimum atomic E-state index is -0.367. The Bertz CT molecular complexity index is 468. The number of rotatable bonds is 0. The number of aromatic nitrogens is 1. The molecule has 2 nitrogen and oxygen atoms in total. The molecule has 0 amide bonds. The molecule has 0 aliphatic heterocycles. The van der Waals surface area contributed by atoms with Crippen molar-refractivity contribution in [1.82, 2.24) is 4.98 Å². The van der Waals surface area contributed by atoms with Crippen LogP contribution in [0.1, 0.15) is 5.69 Å². The van der Waals surface area contributed by atoms with Gasteiger partial charge in [0.05, 0.1) is 0 Å². The number of hydrogen-bond donors (Lipinski definition) is 1. The number of fused-ring (bicyclic) bond motifs is 1. The first kappa shape index (κ1) is 7.98. The summed E-state index contributed by atoms with van der Waals surface area (Å²) in [5.74, 6) is -0.483. The van der Waals surface area contributed by atoms with Crippen molar-refractivity contribution in [3.05, 3.63) is 35.8 Å². The predicted octanol–water partition coefficient (Wildman–Crippen LogP) is 2.39. The third-order valence-electron chi connectivity index (χ3n) is 1.90. The van der Waals surface area contributed by atoms with Gasteiger partial charge in [0, 0.05) is 11.1 Å². The molecule has 0 aliphatic rings. The summed E-state index contributed by atoms with van der Waals surface area (Å²) in [6, 6.07) is 6.06.